The second kappa shape index (κ2) is 11.3. The molecular weight excluding hydrogens is 450 g/mol. The fourth-order valence-corrected chi connectivity index (χ4v) is 3.24. The van der Waals surface area contributed by atoms with Crippen LogP contribution < -0.4 is 19.5 Å². The Bertz CT molecular complexity index is 1150. The highest BCUT2D eigenvalue weighted by Gasteiger charge is 2.15. The fourth-order valence-electron chi connectivity index (χ4n) is 3.07. The predicted octanol–water partition coefficient (Wildman–Crippen LogP) is 4.68. The van der Waals surface area contributed by atoms with Crippen LogP contribution in [0.4, 0.5) is 11.5 Å². The first-order chi connectivity index (χ1) is 15.9. The van der Waals surface area contributed by atoms with Crippen LogP contribution >= 0.6 is 11.6 Å². The van der Waals surface area contributed by atoms with Crippen LogP contribution in [0.3, 0.4) is 0 Å². The Hall–Kier alpha value is -3.59. The Balaban J connectivity index is 1.85. The Morgan fingerprint density at radius 3 is 2.58 bits per heavy atom. The molecule has 0 saturated heterocycles. The Labute approximate surface area is 196 Å². The van der Waals surface area contributed by atoms with Crippen LogP contribution in [0.2, 0.25) is 5.02 Å². The van der Waals surface area contributed by atoms with Gasteiger partial charge in [-0.1, -0.05) is 11.6 Å². The van der Waals surface area contributed by atoms with E-state index in [0.29, 0.717) is 64.8 Å². The summed E-state index contributed by atoms with van der Waals surface area (Å²) in [5.41, 5.74) is 1.19. The van der Waals surface area contributed by atoms with Crippen LogP contribution in [0.25, 0.3) is 10.9 Å². The highest BCUT2D eigenvalue weighted by Crippen LogP contribution is 2.37. The third-order valence-corrected chi connectivity index (χ3v) is 4.86. The summed E-state index contributed by atoms with van der Waals surface area (Å²) in [5.74, 6) is 0.942. The van der Waals surface area contributed by atoms with Crippen molar-refractivity contribution >= 4 is 45.9 Å². The molecule has 3 aromatic rings. The van der Waals surface area contributed by atoms with E-state index in [1.54, 1.807) is 30.3 Å². The maximum Gasteiger partial charge on any atom is 0.308 e. The van der Waals surface area contributed by atoms with E-state index in [2.05, 4.69) is 20.0 Å². The van der Waals surface area contributed by atoms with E-state index < -0.39 is 5.97 Å². The lowest BCUT2D eigenvalue weighted by Gasteiger charge is -2.15. The molecule has 1 N–H and O–H groups in total. The Morgan fingerprint density at radius 1 is 1.03 bits per heavy atom. The SMILES string of the molecule is COC(=O)CCCCOc1ccc(Cl)cc1Nc1ncnc2cc(OC)c(OC(C)=O)cc12. The van der Waals surface area contributed by atoms with Crippen molar-refractivity contribution in [2.24, 2.45) is 0 Å². The topological polar surface area (TPSA) is 109 Å². The zero-order valence-electron chi connectivity index (χ0n) is 18.5. The van der Waals surface area contributed by atoms with Crippen molar-refractivity contribution < 1.29 is 28.5 Å². The number of carbonyl (C=O) groups excluding carboxylic acids is 2. The van der Waals surface area contributed by atoms with Crippen molar-refractivity contribution in [1.82, 2.24) is 9.97 Å². The number of aromatic nitrogens is 2. The average molecular weight is 474 g/mol. The highest BCUT2D eigenvalue weighted by atomic mass is 35.5. The number of ether oxygens (including phenoxy) is 4. The van der Waals surface area contributed by atoms with E-state index in [1.807, 2.05) is 0 Å². The minimum Gasteiger partial charge on any atom is -0.493 e. The van der Waals surface area contributed by atoms with Gasteiger partial charge in [-0.25, -0.2) is 9.97 Å². The van der Waals surface area contributed by atoms with E-state index in [4.69, 9.17) is 25.8 Å². The molecule has 0 atom stereocenters. The molecule has 0 radical (unpaired) electrons. The number of methoxy groups -OCH3 is 2. The lowest BCUT2D eigenvalue weighted by Crippen LogP contribution is -2.05. The highest BCUT2D eigenvalue weighted by molar-refractivity contribution is 6.31. The number of unbranched alkanes of at least 4 members (excludes halogenated alkanes) is 1. The van der Waals surface area contributed by atoms with E-state index in [9.17, 15) is 9.59 Å². The second-order valence-corrected chi connectivity index (χ2v) is 7.42. The van der Waals surface area contributed by atoms with E-state index in [1.165, 1.54) is 27.5 Å². The maximum absolute atomic E-state index is 11.5. The van der Waals surface area contributed by atoms with Gasteiger partial charge in [0, 0.05) is 29.8 Å². The number of halogens is 1. The minimum atomic E-state index is -0.475. The van der Waals surface area contributed by atoms with Crippen molar-refractivity contribution in [3.63, 3.8) is 0 Å². The quantitative estimate of drug-likeness (QED) is 0.255. The number of carbonyl (C=O) groups is 2. The van der Waals surface area contributed by atoms with Crippen molar-refractivity contribution in [2.45, 2.75) is 26.2 Å². The number of fused-ring (bicyclic) bond motifs is 1. The molecule has 0 saturated carbocycles. The molecule has 0 aliphatic rings. The lowest BCUT2D eigenvalue weighted by atomic mass is 10.2. The van der Waals surface area contributed by atoms with Crippen molar-refractivity contribution in [1.29, 1.82) is 0 Å². The predicted molar refractivity (Wildman–Crippen MR) is 123 cm³/mol. The van der Waals surface area contributed by atoms with Gasteiger partial charge in [-0.3, -0.25) is 9.59 Å². The number of benzene rings is 2. The van der Waals surface area contributed by atoms with Gasteiger partial charge in [0.2, 0.25) is 0 Å². The van der Waals surface area contributed by atoms with Gasteiger partial charge in [0.15, 0.2) is 11.5 Å². The van der Waals surface area contributed by atoms with E-state index in [-0.39, 0.29) is 11.7 Å². The molecule has 1 heterocycles. The molecule has 0 spiro atoms. The van der Waals surface area contributed by atoms with Gasteiger partial charge in [-0.15, -0.1) is 0 Å². The third kappa shape index (κ3) is 6.45. The van der Waals surface area contributed by atoms with Crippen LogP contribution in [-0.4, -0.2) is 42.7 Å². The first-order valence-electron chi connectivity index (χ1n) is 10.2. The third-order valence-electron chi connectivity index (χ3n) is 4.63. The van der Waals surface area contributed by atoms with Crippen molar-refractivity contribution in [3.8, 4) is 17.2 Å². The summed E-state index contributed by atoms with van der Waals surface area (Å²) in [5, 5.41) is 4.35. The average Bonchev–Trinajstić information content (AvgIpc) is 2.79. The Morgan fingerprint density at radius 2 is 1.85 bits per heavy atom. The largest absolute Gasteiger partial charge is 0.493 e. The summed E-state index contributed by atoms with van der Waals surface area (Å²) in [6.07, 6.45) is 3.08. The molecule has 0 unspecified atom stereocenters. The molecule has 0 bridgehead atoms. The van der Waals surface area contributed by atoms with Crippen LogP contribution in [0.15, 0.2) is 36.7 Å². The van der Waals surface area contributed by atoms with Gasteiger partial charge in [-0.2, -0.15) is 0 Å². The van der Waals surface area contributed by atoms with Gasteiger partial charge >= 0.3 is 11.9 Å². The van der Waals surface area contributed by atoms with E-state index >= 15 is 0 Å². The number of nitrogens with one attached hydrogen (secondary N) is 1. The van der Waals surface area contributed by atoms with Gasteiger partial charge in [0.25, 0.3) is 0 Å². The number of nitrogens with zero attached hydrogens (tertiary/aromatic N) is 2. The molecule has 2 aromatic carbocycles. The van der Waals surface area contributed by atoms with Gasteiger partial charge < -0.3 is 24.3 Å². The summed E-state index contributed by atoms with van der Waals surface area (Å²) < 4.78 is 21.1. The molecule has 3 rings (SSSR count). The standard InChI is InChI=1S/C23H24ClN3O6/c1-14(28)33-21-11-16-17(12-20(21)30-2)25-13-26-23(16)27-18-10-15(24)7-8-19(18)32-9-5-4-6-22(29)31-3/h7-8,10-13H,4-6,9H2,1-3H3,(H,25,26,27). The molecule has 0 aliphatic carbocycles. The monoisotopic (exact) mass is 473 g/mol. The summed E-state index contributed by atoms with van der Waals surface area (Å²) in [6.45, 7) is 1.72. The van der Waals surface area contributed by atoms with Crippen LogP contribution in [0.5, 0.6) is 17.2 Å². The smallest absolute Gasteiger partial charge is 0.308 e. The molecule has 0 fully saturated rings. The van der Waals surface area contributed by atoms with Gasteiger partial charge in [0.1, 0.15) is 17.9 Å². The van der Waals surface area contributed by atoms with E-state index in [0.717, 1.165) is 0 Å². The molecule has 10 heteroatoms. The first-order valence-corrected chi connectivity index (χ1v) is 10.6. The van der Waals surface area contributed by atoms with Crippen LogP contribution in [0, 0.1) is 0 Å². The number of rotatable bonds is 10. The Kier molecular flexibility index (Phi) is 8.26. The first kappa shape index (κ1) is 24.1. The lowest BCUT2D eigenvalue weighted by molar-refractivity contribution is -0.140. The molecule has 174 valence electrons. The fraction of sp³-hybridized carbons (Fsp3) is 0.304. The molecule has 0 amide bonds. The molecular formula is C23H24ClN3O6. The maximum atomic E-state index is 11.5. The van der Waals surface area contributed by atoms with Crippen LogP contribution in [-0.2, 0) is 14.3 Å². The van der Waals surface area contributed by atoms with Crippen molar-refractivity contribution in [3.05, 3.63) is 41.7 Å². The number of esters is 2. The summed E-state index contributed by atoms with van der Waals surface area (Å²) >= 11 is 6.20. The second-order valence-electron chi connectivity index (χ2n) is 6.98. The van der Waals surface area contributed by atoms with Crippen LogP contribution in [0.1, 0.15) is 26.2 Å². The minimum absolute atomic E-state index is 0.246. The van der Waals surface area contributed by atoms with Gasteiger partial charge in [0.05, 0.1) is 32.0 Å². The summed E-state index contributed by atoms with van der Waals surface area (Å²) in [4.78, 5) is 31.3. The number of hydrogen-bond donors (Lipinski definition) is 1. The zero-order chi connectivity index (χ0) is 23.8. The molecule has 0 aliphatic heterocycles. The van der Waals surface area contributed by atoms with Gasteiger partial charge in [-0.05, 0) is 37.1 Å². The normalized spacial score (nSPS) is 10.5. The molecule has 9 nitrogen and oxygen atoms in total. The zero-order valence-corrected chi connectivity index (χ0v) is 19.3. The summed E-state index contributed by atoms with van der Waals surface area (Å²) in [6, 6.07) is 8.49. The molecule has 1 aromatic heterocycles. The summed E-state index contributed by atoms with van der Waals surface area (Å²) in [7, 11) is 2.85. The number of hydrogen-bond acceptors (Lipinski definition) is 9. The number of anilines is 2. The van der Waals surface area contributed by atoms with Crippen molar-refractivity contribution in [2.75, 3.05) is 26.1 Å². The molecule has 33 heavy (non-hydrogen) atoms.